The molecule has 1 N–H and O–H groups in total. The molecule has 1 saturated heterocycles. The number of carbonyl (C=O) groups excluding carboxylic acids is 1. The molecule has 2 rings (SSSR count). The zero-order valence-corrected chi connectivity index (χ0v) is 16.7. The Hall–Kier alpha value is -2.54. The maximum atomic E-state index is 12.5. The topological polar surface area (TPSA) is 79.3 Å². The number of hydrogen-bond donors (Lipinski definition) is 1. The minimum atomic E-state index is -0.818. The normalized spacial score (nSPS) is 14.8. The van der Waals surface area contributed by atoms with Crippen molar-refractivity contribution < 1.29 is 24.2 Å². The van der Waals surface area contributed by atoms with Crippen molar-refractivity contribution in [3.8, 4) is 11.5 Å². The van der Waals surface area contributed by atoms with Crippen molar-refractivity contribution in [2.75, 3.05) is 39.9 Å². The van der Waals surface area contributed by atoms with Crippen molar-refractivity contribution in [3.63, 3.8) is 0 Å². The first kappa shape index (κ1) is 21.8. The molecular weight excluding hydrogens is 360 g/mol. The summed E-state index contributed by atoms with van der Waals surface area (Å²) in [6.07, 6.45) is 4.10. The molecule has 1 heterocycles. The van der Waals surface area contributed by atoms with Crippen molar-refractivity contribution in [2.45, 2.75) is 32.2 Å². The van der Waals surface area contributed by atoms with Crippen molar-refractivity contribution in [1.29, 1.82) is 0 Å². The highest BCUT2D eigenvalue weighted by atomic mass is 16.5. The molecule has 0 aliphatic carbocycles. The van der Waals surface area contributed by atoms with Crippen molar-refractivity contribution in [3.05, 3.63) is 36.4 Å². The van der Waals surface area contributed by atoms with Crippen LogP contribution in [-0.2, 0) is 16.0 Å². The van der Waals surface area contributed by atoms with E-state index in [1.807, 2.05) is 36.1 Å². The zero-order chi connectivity index (χ0) is 20.5. The molecule has 1 aromatic rings. The van der Waals surface area contributed by atoms with Gasteiger partial charge in [-0.3, -0.25) is 14.5 Å². The number of likely N-dealkylation sites (tertiary alicyclic amines) is 1. The van der Waals surface area contributed by atoms with Gasteiger partial charge in [-0.25, -0.2) is 0 Å². The van der Waals surface area contributed by atoms with Gasteiger partial charge in [0.25, 0.3) is 5.91 Å². The van der Waals surface area contributed by atoms with Crippen LogP contribution in [0.15, 0.2) is 30.9 Å². The SMILES string of the molecule is C=CCc1ccc(OCC(=O)N2CCC(N(CC)CC(=O)O)CC2)c(OC)c1. The lowest BCUT2D eigenvalue weighted by Gasteiger charge is -2.37. The van der Waals surface area contributed by atoms with Gasteiger partial charge < -0.3 is 19.5 Å². The minimum absolute atomic E-state index is 0.0415. The smallest absolute Gasteiger partial charge is 0.317 e. The second-order valence-corrected chi connectivity index (χ2v) is 6.84. The van der Waals surface area contributed by atoms with Gasteiger partial charge >= 0.3 is 5.97 Å². The van der Waals surface area contributed by atoms with Crippen LogP contribution < -0.4 is 9.47 Å². The number of carbonyl (C=O) groups is 2. The standard InChI is InChI=1S/C21H30N2O5/c1-4-6-16-7-8-18(19(13-16)27-3)28-15-20(24)23-11-9-17(10-12-23)22(5-2)14-21(25)26/h4,7-8,13,17H,1,5-6,9-12,14-15H2,2-3H3,(H,25,26). The Balaban J connectivity index is 1.86. The molecule has 1 aliphatic rings. The Bertz CT molecular complexity index is 683. The van der Waals surface area contributed by atoms with Crippen LogP contribution in [0.2, 0.25) is 0 Å². The molecule has 0 saturated carbocycles. The van der Waals surface area contributed by atoms with Gasteiger partial charge in [0.15, 0.2) is 18.1 Å². The van der Waals surface area contributed by atoms with Crippen LogP contribution in [0, 0.1) is 0 Å². The van der Waals surface area contributed by atoms with E-state index >= 15 is 0 Å². The van der Waals surface area contributed by atoms with Crippen LogP contribution in [0.1, 0.15) is 25.3 Å². The molecule has 1 amide bonds. The molecule has 1 aromatic carbocycles. The average molecular weight is 390 g/mol. The predicted octanol–water partition coefficient (Wildman–Crippen LogP) is 2.20. The second-order valence-electron chi connectivity index (χ2n) is 6.84. The number of likely N-dealkylation sites (N-methyl/N-ethyl adjacent to an activating group) is 1. The van der Waals surface area contributed by atoms with E-state index in [0.717, 1.165) is 24.8 Å². The number of ether oxygens (including phenoxy) is 2. The van der Waals surface area contributed by atoms with E-state index in [1.54, 1.807) is 12.0 Å². The maximum absolute atomic E-state index is 12.5. The number of benzene rings is 1. The summed E-state index contributed by atoms with van der Waals surface area (Å²) in [4.78, 5) is 27.2. The van der Waals surface area contributed by atoms with Crippen LogP contribution >= 0.6 is 0 Å². The van der Waals surface area contributed by atoms with Gasteiger partial charge in [0, 0.05) is 19.1 Å². The average Bonchev–Trinajstić information content (AvgIpc) is 2.70. The molecule has 28 heavy (non-hydrogen) atoms. The van der Waals surface area contributed by atoms with E-state index in [1.165, 1.54) is 0 Å². The molecule has 1 aliphatic heterocycles. The van der Waals surface area contributed by atoms with Gasteiger partial charge in [0.05, 0.1) is 13.7 Å². The first-order valence-corrected chi connectivity index (χ1v) is 9.62. The molecule has 0 aromatic heterocycles. The summed E-state index contributed by atoms with van der Waals surface area (Å²) in [7, 11) is 1.57. The third-order valence-electron chi connectivity index (χ3n) is 5.04. The van der Waals surface area contributed by atoms with Gasteiger partial charge in [0.1, 0.15) is 0 Å². The number of allylic oxidation sites excluding steroid dienone is 1. The highest BCUT2D eigenvalue weighted by Gasteiger charge is 2.27. The van der Waals surface area contributed by atoms with E-state index < -0.39 is 5.97 Å². The van der Waals surface area contributed by atoms with E-state index in [-0.39, 0.29) is 25.1 Å². The van der Waals surface area contributed by atoms with Crippen LogP contribution in [0.5, 0.6) is 11.5 Å². The number of aliphatic carboxylic acids is 1. The molecule has 1 fully saturated rings. The molecule has 0 unspecified atom stereocenters. The number of rotatable bonds is 10. The molecule has 0 bridgehead atoms. The first-order chi connectivity index (χ1) is 13.5. The van der Waals surface area contributed by atoms with E-state index in [2.05, 4.69) is 6.58 Å². The lowest BCUT2D eigenvalue weighted by molar-refractivity contribution is -0.140. The number of piperidine rings is 1. The zero-order valence-electron chi connectivity index (χ0n) is 16.7. The van der Waals surface area contributed by atoms with E-state index in [0.29, 0.717) is 31.1 Å². The van der Waals surface area contributed by atoms with Crippen molar-refractivity contribution in [2.24, 2.45) is 0 Å². The Morgan fingerprint density at radius 3 is 2.61 bits per heavy atom. The number of carboxylic acids is 1. The fourth-order valence-electron chi connectivity index (χ4n) is 3.51. The van der Waals surface area contributed by atoms with Crippen LogP contribution in [0.4, 0.5) is 0 Å². The quantitative estimate of drug-likeness (QED) is 0.617. The number of hydrogen-bond acceptors (Lipinski definition) is 5. The molecular formula is C21H30N2O5. The van der Waals surface area contributed by atoms with Gasteiger partial charge in [-0.05, 0) is 43.5 Å². The lowest BCUT2D eigenvalue weighted by atomic mass is 10.0. The fraction of sp³-hybridized carbons (Fsp3) is 0.524. The van der Waals surface area contributed by atoms with Crippen LogP contribution in [0.3, 0.4) is 0 Å². The monoisotopic (exact) mass is 390 g/mol. The van der Waals surface area contributed by atoms with E-state index in [4.69, 9.17) is 14.6 Å². The van der Waals surface area contributed by atoms with Crippen LogP contribution in [0.25, 0.3) is 0 Å². The van der Waals surface area contributed by atoms with Gasteiger partial charge in [-0.2, -0.15) is 0 Å². The summed E-state index contributed by atoms with van der Waals surface area (Å²) in [5.41, 5.74) is 1.06. The highest BCUT2D eigenvalue weighted by Crippen LogP contribution is 2.28. The fourth-order valence-corrected chi connectivity index (χ4v) is 3.51. The van der Waals surface area contributed by atoms with Crippen molar-refractivity contribution >= 4 is 11.9 Å². The van der Waals surface area contributed by atoms with E-state index in [9.17, 15) is 9.59 Å². The Morgan fingerprint density at radius 1 is 1.32 bits per heavy atom. The lowest BCUT2D eigenvalue weighted by Crippen LogP contribution is -2.49. The number of nitrogens with zero attached hydrogens (tertiary/aromatic N) is 2. The Kier molecular flexibility index (Phi) is 8.32. The third-order valence-corrected chi connectivity index (χ3v) is 5.04. The summed E-state index contributed by atoms with van der Waals surface area (Å²) in [6, 6.07) is 5.82. The summed E-state index contributed by atoms with van der Waals surface area (Å²) in [6.45, 7) is 7.59. The molecule has 0 atom stereocenters. The Labute approximate surface area is 166 Å². The molecule has 7 nitrogen and oxygen atoms in total. The number of carboxylic acid groups (broad SMARTS) is 1. The second kappa shape index (κ2) is 10.7. The summed E-state index contributed by atoms with van der Waals surface area (Å²) in [5.74, 6) is 0.244. The number of methoxy groups -OCH3 is 1. The van der Waals surface area contributed by atoms with Crippen LogP contribution in [-0.4, -0.2) is 72.7 Å². The summed E-state index contributed by atoms with van der Waals surface area (Å²) < 4.78 is 11.1. The van der Waals surface area contributed by atoms with Gasteiger partial charge in [-0.15, -0.1) is 6.58 Å². The highest BCUT2D eigenvalue weighted by molar-refractivity contribution is 5.78. The van der Waals surface area contributed by atoms with Gasteiger partial charge in [0.2, 0.25) is 0 Å². The predicted molar refractivity (Wildman–Crippen MR) is 107 cm³/mol. The summed E-state index contributed by atoms with van der Waals surface area (Å²) in [5, 5.41) is 9.02. The molecule has 0 radical (unpaired) electrons. The largest absolute Gasteiger partial charge is 0.493 e. The minimum Gasteiger partial charge on any atom is -0.493 e. The molecule has 7 heteroatoms. The Morgan fingerprint density at radius 2 is 2.04 bits per heavy atom. The van der Waals surface area contributed by atoms with Gasteiger partial charge in [-0.1, -0.05) is 19.1 Å². The third kappa shape index (κ3) is 5.99. The molecule has 154 valence electrons. The van der Waals surface area contributed by atoms with Crippen molar-refractivity contribution in [1.82, 2.24) is 9.80 Å². The molecule has 0 spiro atoms. The maximum Gasteiger partial charge on any atom is 0.317 e. The summed E-state index contributed by atoms with van der Waals surface area (Å²) >= 11 is 0. The number of amides is 1. The first-order valence-electron chi connectivity index (χ1n) is 9.62.